The van der Waals surface area contributed by atoms with Gasteiger partial charge in [0.25, 0.3) is 0 Å². The smallest absolute Gasteiger partial charge is 0.328 e. The van der Waals surface area contributed by atoms with Crippen molar-refractivity contribution < 1.29 is 4.79 Å². The number of hydrogen-bond donors (Lipinski definition) is 2. The highest BCUT2D eigenvalue weighted by Gasteiger charge is 2.20. The van der Waals surface area contributed by atoms with Gasteiger partial charge in [-0.25, -0.2) is 4.79 Å². The molecule has 0 aliphatic carbocycles. The molecule has 0 bridgehead atoms. The normalized spacial score (nSPS) is 10.2. The molecule has 22 heavy (non-hydrogen) atoms. The third-order valence-electron chi connectivity index (χ3n) is 3.84. The van der Waals surface area contributed by atoms with Gasteiger partial charge in [0.05, 0.1) is 5.69 Å². The summed E-state index contributed by atoms with van der Waals surface area (Å²) in [5.74, 6) is 0.153. The second-order valence-electron chi connectivity index (χ2n) is 5.13. The van der Waals surface area contributed by atoms with E-state index < -0.39 is 0 Å². The number of aryl methyl sites for hydroxylation is 2. The molecule has 0 aliphatic heterocycles. The largest absolute Gasteiger partial charge is 0.343 e. The van der Waals surface area contributed by atoms with E-state index in [0.29, 0.717) is 19.6 Å². The Morgan fingerprint density at radius 1 is 1.14 bits per heavy atom. The minimum absolute atomic E-state index is 0.153. The number of para-hydroxylation sites is 1. The van der Waals surface area contributed by atoms with E-state index in [1.165, 1.54) is 0 Å². The molecule has 5 heteroatoms. The Morgan fingerprint density at radius 3 is 2.27 bits per heavy atom. The van der Waals surface area contributed by atoms with Gasteiger partial charge in [0.15, 0.2) is 5.96 Å². The average Bonchev–Trinajstić information content (AvgIpc) is 2.50. The van der Waals surface area contributed by atoms with Crippen molar-refractivity contribution in [1.29, 1.82) is 5.41 Å². The van der Waals surface area contributed by atoms with Gasteiger partial charge < -0.3 is 4.90 Å². The van der Waals surface area contributed by atoms with Crippen molar-refractivity contribution in [2.75, 3.05) is 24.5 Å². The summed E-state index contributed by atoms with van der Waals surface area (Å²) in [7, 11) is 0. The zero-order chi connectivity index (χ0) is 16.7. The first-order valence-electron chi connectivity index (χ1n) is 8.00. The summed E-state index contributed by atoms with van der Waals surface area (Å²) in [5, 5.41) is 10.7. The lowest BCUT2D eigenvalue weighted by molar-refractivity contribution is 0.249. The van der Waals surface area contributed by atoms with Crippen LogP contribution < -0.4 is 10.2 Å². The maximum atomic E-state index is 12.6. The van der Waals surface area contributed by atoms with Crippen LogP contribution in [-0.4, -0.2) is 36.5 Å². The molecule has 2 N–H and O–H groups in total. The fourth-order valence-corrected chi connectivity index (χ4v) is 2.58. The predicted octanol–water partition coefficient (Wildman–Crippen LogP) is 3.37. The second-order valence-corrected chi connectivity index (χ2v) is 5.13. The summed E-state index contributed by atoms with van der Waals surface area (Å²) < 4.78 is 0. The number of amides is 2. The second kappa shape index (κ2) is 8.41. The highest BCUT2D eigenvalue weighted by atomic mass is 16.2. The van der Waals surface area contributed by atoms with Crippen LogP contribution in [-0.2, 0) is 6.42 Å². The van der Waals surface area contributed by atoms with Gasteiger partial charge in [0.1, 0.15) is 0 Å². The Morgan fingerprint density at radius 2 is 1.77 bits per heavy atom. The van der Waals surface area contributed by atoms with E-state index in [1.54, 1.807) is 4.90 Å². The van der Waals surface area contributed by atoms with Gasteiger partial charge in [-0.2, -0.15) is 0 Å². The van der Waals surface area contributed by atoms with E-state index in [2.05, 4.69) is 12.2 Å². The summed E-state index contributed by atoms with van der Waals surface area (Å²) in [6, 6.07) is 5.83. The van der Waals surface area contributed by atoms with E-state index in [0.717, 1.165) is 23.2 Å². The Labute approximate surface area is 133 Å². The molecule has 0 spiro atoms. The number of guanidine groups is 1. The zero-order valence-corrected chi connectivity index (χ0v) is 14.4. The van der Waals surface area contributed by atoms with Gasteiger partial charge in [-0.05, 0) is 45.2 Å². The quantitative estimate of drug-likeness (QED) is 0.647. The molecule has 2 amide bonds. The first kappa shape index (κ1) is 18.0. The van der Waals surface area contributed by atoms with Crippen molar-refractivity contribution in [3.8, 4) is 0 Å². The molecule has 1 aromatic rings. The van der Waals surface area contributed by atoms with Crippen LogP contribution >= 0.6 is 0 Å². The van der Waals surface area contributed by atoms with Gasteiger partial charge in [-0.1, -0.05) is 25.1 Å². The Hall–Kier alpha value is -2.04. The maximum absolute atomic E-state index is 12.6. The third-order valence-corrected chi connectivity index (χ3v) is 3.84. The monoisotopic (exact) mass is 304 g/mol. The molecule has 0 aromatic heterocycles. The van der Waals surface area contributed by atoms with Crippen LogP contribution in [0, 0.1) is 12.3 Å². The number of hydrogen-bond acceptors (Lipinski definition) is 2. The number of anilines is 1. The number of carbonyl (C=O) groups excluding carboxylic acids is 1. The van der Waals surface area contributed by atoms with Crippen LogP contribution in [0.15, 0.2) is 18.2 Å². The number of carbonyl (C=O) groups is 1. The van der Waals surface area contributed by atoms with Crippen LogP contribution in [0.25, 0.3) is 0 Å². The topological polar surface area (TPSA) is 59.4 Å². The van der Waals surface area contributed by atoms with Gasteiger partial charge in [0, 0.05) is 19.6 Å². The summed E-state index contributed by atoms with van der Waals surface area (Å²) in [6.07, 6.45) is 0.869. The molecule has 0 saturated heterocycles. The summed E-state index contributed by atoms with van der Waals surface area (Å²) >= 11 is 0. The van der Waals surface area contributed by atoms with E-state index >= 15 is 0 Å². The minimum atomic E-state index is -0.247. The number of nitrogens with zero attached hydrogens (tertiary/aromatic N) is 2. The third kappa shape index (κ3) is 4.00. The van der Waals surface area contributed by atoms with Crippen LogP contribution in [0.3, 0.4) is 0 Å². The fraction of sp³-hybridized carbons (Fsp3) is 0.529. The van der Waals surface area contributed by atoms with Crippen LogP contribution in [0.5, 0.6) is 0 Å². The lowest BCUT2D eigenvalue weighted by Gasteiger charge is -2.28. The van der Waals surface area contributed by atoms with Crippen molar-refractivity contribution in [2.45, 2.75) is 41.0 Å². The molecule has 0 saturated carbocycles. The van der Waals surface area contributed by atoms with Crippen LogP contribution in [0.1, 0.15) is 38.8 Å². The summed E-state index contributed by atoms with van der Waals surface area (Å²) in [4.78, 5) is 16.1. The van der Waals surface area contributed by atoms with Crippen molar-refractivity contribution in [3.63, 3.8) is 0 Å². The van der Waals surface area contributed by atoms with Crippen LogP contribution in [0.4, 0.5) is 10.5 Å². The van der Waals surface area contributed by atoms with Crippen molar-refractivity contribution in [1.82, 2.24) is 10.2 Å². The van der Waals surface area contributed by atoms with E-state index in [1.807, 2.05) is 50.8 Å². The molecule has 0 heterocycles. The Balaban J connectivity index is 3.02. The van der Waals surface area contributed by atoms with E-state index in [-0.39, 0.29) is 12.0 Å². The van der Waals surface area contributed by atoms with Gasteiger partial charge in [0.2, 0.25) is 0 Å². The summed E-state index contributed by atoms with van der Waals surface area (Å²) in [5.41, 5.74) is 3.18. The number of rotatable bonds is 5. The predicted molar refractivity (Wildman–Crippen MR) is 92.8 cm³/mol. The molecule has 1 rings (SSSR count). The van der Waals surface area contributed by atoms with E-state index in [9.17, 15) is 4.79 Å². The fourth-order valence-electron chi connectivity index (χ4n) is 2.58. The highest BCUT2D eigenvalue weighted by Crippen LogP contribution is 2.25. The van der Waals surface area contributed by atoms with Crippen molar-refractivity contribution in [3.05, 3.63) is 29.3 Å². The highest BCUT2D eigenvalue weighted by molar-refractivity contribution is 6.03. The van der Waals surface area contributed by atoms with Crippen molar-refractivity contribution in [2.24, 2.45) is 0 Å². The van der Waals surface area contributed by atoms with Gasteiger partial charge in [-0.3, -0.25) is 15.6 Å². The Bertz CT molecular complexity index is 523. The lowest BCUT2D eigenvalue weighted by Crippen LogP contribution is -2.49. The minimum Gasteiger partial charge on any atom is -0.343 e. The van der Waals surface area contributed by atoms with Crippen molar-refractivity contribution >= 4 is 17.7 Å². The molecule has 1 aromatic carbocycles. The van der Waals surface area contributed by atoms with Gasteiger partial charge in [-0.15, -0.1) is 0 Å². The molecule has 0 radical (unpaired) electrons. The number of urea groups is 1. The average molecular weight is 304 g/mol. The molecule has 5 nitrogen and oxygen atoms in total. The molecule has 0 unspecified atom stereocenters. The maximum Gasteiger partial charge on any atom is 0.328 e. The first-order valence-corrected chi connectivity index (χ1v) is 8.00. The van der Waals surface area contributed by atoms with E-state index in [4.69, 9.17) is 5.41 Å². The molecule has 122 valence electrons. The molecule has 0 fully saturated rings. The molecular weight excluding hydrogens is 276 g/mol. The standard InChI is InChI=1S/C17H28N4O/c1-6-14-12-10-11-13(5)15(14)21(9-4)17(22)19-16(18)20(7-2)8-3/h10-12H,6-9H2,1-5H3,(H2,18,19,22). The van der Waals surface area contributed by atoms with Crippen LogP contribution in [0.2, 0.25) is 0 Å². The first-order chi connectivity index (χ1) is 10.5. The molecule has 0 atom stereocenters. The number of nitrogens with one attached hydrogen (secondary N) is 2. The number of benzene rings is 1. The van der Waals surface area contributed by atoms with Gasteiger partial charge >= 0.3 is 6.03 Å². The SMILES string of the molecule is CCc1cccc(C)c1N(CC)C(=O)NC(=N)N(CC)CC. The molecular formula is C17H28N4O. The lowest BCUT2D eigenvalue weighted by atomic mass is 10.0. The Kier molecular flexibility index (Phi) is 6.89. The zero-order valence-electron chi connectivity index (χ0n) is 14.4. The summed E-state index contributed by atoms with van der Waals surface area (Å²) in [6.45, 7) is 12.0. The molecule has 0 aliphatic rings.